The van der Waals surface area contributed by atoms with Gasteiger partial charge in [-0.2, -0.15) is 5.10 Å². The van der Waals surface area contributed by atoms with Crippen molar-refractivity contribution in [1.82, 2.24) is 9.78 Å². The van der Waals surface area contributed by atoms with Crippen molar-refractivity contribution in [3.05, 3.63) is 46.6 Å². The van der Waals surface area contributed by atoms with E-state index in [2.05, 4.69) is 10.4 Å². The van der Waals surface area contributed by atoms with Gasteiger partial charge in [0.15, 0.2) is 6.61 Å². The summed E-state index contributed by atoms with van der Waals surface area (Å²) in [6.07, 6.45) is 7.44. The molecule has 1 heterocycles. The first-order chi connectivity index (χ1) is 12.1. The third-order valence-electron chi connectivity index (χ3n) is 4.28. The van der Waals surface area contributed by atoms with Crippen molar-refractivity contribution >= 4 is 17.4 Å². The molecular weight excluding hydrogens is 324 g/mol. The Morgan fingerprint density at radius 1 is 1.24 bits per heavy atom. The number of carbonyl (C=O) groups excluding carboxylic acids is 1. The number of aromatic nitrogens is 2. The number of amides is 1. The van der Waals surface area contributed by atoms with Crippen LogP contribution in [0.15, 0.2) is 36.5 Å². The summed E-state index contributed by atoms with van der Waals surface area (Å²) in [5.41, 5.74) is -0.0202. The molecule has 1 aliphatic rings. The molecular formula is C17H20N4O4. The Morgan fingerprint density at radius 3 is 2.64 bits per heavy atom. The van der Waals surface area contributed by atoms with Crippen molar-refractivity contribution in [3.63, 3.8) is 0 Å². The van der Waals surface area contributed by atoms with Crippen LogP contribution >= 0.6 is 0 Å². The van der Waals surface area contributed by atoms with Gasteiger partial charge in [-0.25, -0.2) is 4.68 Å². The Balaban J connectivity index is 1.54. The van der Waals surface area contributed by atoms with Crippen LogP contribution in [0.3, 0.4) is 0 Å². The fourth-order valence-electron chi connectivity index (χ4n) is 3.02. The number of hydrogen-bond acceptors (Lipinski definition) is 5. The fourth-order valence-corrected chi connectivity index (χ4v) is 3.02. The molecule has 1 saturated carbocycles. The summed E-state index contributed by atoms with van der Waals surface area (Å²) in [5.74, 6) is 0.779. The predicted molar refractivity (Wildman–Crippen MR) is 91.6 cm³/mol. The Bertz CT molecular complexity index is 735. The van der Waals surface area contributed by atoms with Crippen LogP contribution in [0.2, 0.25) is 0 Å². The highest BCUT2D eigenvalue weighted by Gasteiger charge is 2.19. The first-order valence-electron chi connectivity index (χ1n) is 8.34. The Labute approximate surface area is 144 Å². The van der Waals surface area contributed by atoms with Gasteiger partial charge in [0.1, 0.15) is 11.6 Å². The van der Waals surface area contributed by atoms with E-state index >= 15 is 0 Å². The molecule has 8 heteroatoms. The van der Waals surface area contributed by atoms with Gasteiger partial charge in [-0.3, -0.25) is 14.9 Å². The highest BCUT2D eigenvalue weighted by atomic mass is 16.6. The average molecular weight is 344 g/mol. The summed E-state index contributed by atoms with van der Waals surface area (Å²) in [5, 5.41) is 17.8. The quantitative estimate of drug-likeness (QED) is 0.640. The number of nitro benzene ring substituents is 1. The van der Waals surface area contributed by atoms with Gasteiger partial charge in [-0.1, -0.05) is 19.3 Å². The number of ether oxygens (including phenoxy) is 1. The maximum Gasteiger partial charge on any atom is 0.269 e. The van der Waals surface area contributed by atoms with Crippen LogP contribution in [0.4, 0.5) is 11.5 Å². The van der Waals surface area contributed by atoms with Crippen LogP contribution in [-0.2, 0) is 4.79 Å². The van der Waals surface area contributed by atoms with Crippen molar-refractivity contribution in [2.75, 3.05) is 11.9 Å². The zero-order valence-corrected chi connectivity index (χ0v) is 13.8. The molecule has 0 atom stereocenters. The molecule has 1 fully saturated rings. The smallest absolute Gasteiger partial charge is 0.269 e. The molecule has 0 spiro atoms. The van der Waals surface area contributed by atoms with E-state index in [1.165, 1.54) is 43.5 Å². The van der Waals surface area contributed by atoms with Gasteiger partial charge in [0.25, 0.3) is 11.6 Å². The van der Waals surface area contributed by atoms with Gasteiger partial charge in [0.2, 0.25) is 0 Å². The molecule has 1 aromatic carbocycles. The molecule has 0 unspecified atom stereocenters. The van der Waals surface area contributed by atoms with E-state index in [-0.39, 0.29) is 18.2 Å². The molecule has 25 heavy (non-hydrogen) atoms. The number of nitrogens with zero attached hydrogens (tertiary/aromatic N) is 3. The third-order valence-corrected chi connectivity index (χ3v) is 4.28. The third kappa shape index (κ3) is 4.34. The fraction of sp³-hybridized carbons (Fsp3) is 0.412. The molecule has 2 aromatic rings. The topological polar surface area (TPSA) is 99.3 Å². The van der Waals surface area contributed by atoms with Gasteiger partial charge in [-0.15, -0.1) is 0 Å². The summed E-state index contributed by atoms with van der Waals surface area (Å²) in [7, 11) is 0. The van der Waals surface area contributed by atoms with Crippen molar-refractivity contribution < 1.29 is 14.5 Å². The molecule has 1 aromatic heterocycles. The van der Waals surface area contributed by atoms with Crippen LogP contribution in [0.25, 0.3) is 0 Å². The molecule has 1 N–H and O–H groups in total. The molecule has 1 amide bonds. The van der Waals surface area contributed by atoms with Crippen LogP contribution < -0.4 is 10.1 Å². The number of anilines is 1. The van der Waals surface area contributed by atoms with E-state index in [1.54, 1.807) is 12.3 Å². The molecule has 3 rings (SSSR count). The van der Waals surface area contributed by atoms with Gasteiger partial charge < -0.3 is 10.1 Å². The van der Waals surface area contributed by atoms with E-state index in [0.717, 1.165) is 12.8 Å². The summed E-state index contributed by atoms with van der Waals surface area (Å²) >= 11 is 0. The molecule has 132 valence electrons. The molecule has 8 nitrogen and oxygen atoms in total. The maximum atomic E-state index is 12.1. The van der Waals surface area contributed by atoms with Gasteiger partial charge in [0, 0.05) is 18.2 Å². The minimum absolute atomic E-state index is 0.0202. The lowest BCUT2D eigenvalue weighted by Crippen LogP contribution is -2.24. The van der Waals surface area contributed by atoms with Crippen LogP contribution in [-0.4, -0.2) is 27.2 Å². The van der Waals surface area contributed by atoms with Gasteiger partial charge in [0.05, 0.1) is 17.2 Å². The normalized spacial score (nSPS) is 14.9. The largest absolute Gasteiger partial charge is 0.484 e. The Hall–Kier alpha value is -2.90. The summed E-state index contributed by atoms with van der Waals surface area (Å²) in [4.78, 5) is 22.2. The number of non-ortho nitro benzene ring substituents is 1. The minimum Gasteiger partial charge on any atom is -0.484 e. The average Bonchev–Trinajstić information content (AvgIpc) is 3.09. The first-order valence-corrected chi connectivity index (χ1v) is 8.34. The standard InChI is InChI=1S/C17H20N4O4/c22-17(12-25-15-8-6-14(7-9-15)21(23)24)19-16-10-11-18-20(16)13-4-2-1-3-5-13/h6-11,13H,1-5,12H2,(H,19,22). The van der Waals surface area contributed by atoms with Crippen LogP contribution in [0.1, 0.15) is 38.1 Å². The lowest BCUT2D eigenvalue weighted by Gasteiger charge is -2.23. The number of hydrogen-bond donors (Lipinski definition) is 1. The summed E-state index contributed by atoms with van der Waals surface area (Å²) in [6.45, 7) is -0.173. The van der Waals surface area contributed by atoms with Crippen LogP contribution in [0.5, 0.6) is 5.75 Å². The molecule has 0 aliphatic heterocycles. The number of carbonyl (C=O) groups is 1. The second kappa shape index (κ2) is 7.78. The molecule has 0 radical (unpaired) electrons. The monoisotopic (exact) mass is 344 g/mol. The minimum atomic E-state index is -0.483. The van der Waals surface area contributed by atoms with E-state index < -0.39 is 4.92 Å². The Morgan fingerprint density at radius 2 is 1.96 bits per heavy atom. The first kappa shape index (κ1) is 16.9. The SMILES string of the molecule is O=C(COc1ccc([N+](=O)[O-])cc1)Nc1ccnn1C1CCCCC1. The van der Waals surface area contributed by atoms with Crippen molar-refractivity contribution in [2.24, 2.45) is 0 Å². The summed E-state index contributed by atoms with van der Waals surface area (Å²) in [6, 6.07) is 7.72. The van der Waals surface area contributed by atoms with Crippen LogP contribution in [0, 0.1) is 10.1 Å². The summed E-state index contributed by atoms with van der Waals surface area (Å²) < 4.78 is 7.25. The van der Waals surface area contributed by atoms with Crippen molar-refractivity contribution in [2.45, 2.75) is 38.1 Å². The molecule has 0 bridgehead atoms. The van der Waals surface area contributed by atoms with Gasteiger partial charge in [-0.05, 0) is 25.0 Å². The van der Waals surface area contributed by atoms with E-state index in [1.807, 2.05) is 4.68 Å². The number of benzene rings is 1. The highest BCUT2D eigenvalue weighted by Crippen LogP contribution is 2.29. The van der Waals surface area contributed by atoms with Crippen molar-refractivity contribution in [1.29, 1.82) is 0 Å². The van der Waals surface area contributed by atoms with Crippen molar-refractivity contribution in [3.8, 4) is 5.75 Å². The lowest BCUT2D eigenvalue weighted by atomic mass is 9.96. The lowest BCUT2D eigenvalue weighted by molar-refractivity contribution is -0.384. The van der Waals surface area contributed by atoms with E-state index in [0.29, 0.717) is 17.6 Å². The van der Waals surface area contributed by atoms with E-state index in [4.69, 9.17) is 4.74 Å². The Kier molecular flexibility index (Phi) is 5.27. The number of rotatable bonds is 6. The zero-order valence-electron chi connectivity index (χ0n) is 13.8. The maximum absolute atomic E-state index is 12.1. The molecule has 0 saturated heterocycles. The van der Waals surface area contributed by atoms with Gasteiger partial charge >= 0.3 is 0 Å². The zero-order chi connectivity index (χ0) is 17.6. The highest BCUT2D eigenvalue weighted by molar-refractivity contribution is 5.91. The second-order valence-electron chi connectivity index (χ2n) is 6.04. The second-order valence-corrected chi connectivity index (χ2v) is 6.04. The van der Waals surface area contributed by atoms with E-state index in [9.17, 15) is 14.9 Å². The number of nitro groups is 1. The molecule has 1 aliphatic carbocycles. The number of nitrogens with one attached hydrogen (secondary N) is 1. The predicted octanol–water partition coefficient (Wildman–Crippen LogP) is 3.31.